The standard InChI is InChI=1S/C25H26F2N6O2/c1-16(34)32-5-7-33(8-6-32)21-4-2-3-20(12-21)31-24-13-23(22(15-30-24)25(28)35)29-14-17-9-18(26)11-19(27)10-17/h2-4,9-13,15H,5-8,14H2,1H3,(H2,28,35)(H2,29,30,31). The van der Waals surface area contributed by atoms with Crippen LogP contribution in [0.25, 0.3) is 0 Å². The van der Waals surface area contributed by atoms with E-state index in [-0.39, 0.29) is 18.0 Å². The van der Waals surface area contributed by atoms with Crippen LogP contribution in [0.5, 0.6) is 0 Å². The van der Waals surface area contributed by atoms with Crippen molar-refractivity contribution in [2.24, 2.45) is 5.73 Å². The van der Waals surface area contributed by atoms with Crippen LogP contribution in [0.15, 0.2) is 54.7 Å². The number of aromatic nitrogens is 1. The Bertz CT molecular complexity index is 1220. The van der Waals surface area contributed by atoms with Gasteiger partial charge in [-0.05, 0) is 35.9 Å². The van der Waals surface area contributed by atoms with Crippen molar-refractivity contribution >= 4 is 34.7 Å². The van der Waals surface area contributed by atoms with Crippen LogP contribution in [0.2, 0.25) is 0 Å². The smallest absolute Gasteiger partial charge is 0.252 e. The van der Waals surface area contributed by atoms with E-state index in [4.69, 9.17) is 5.73 Å². The van der Waals surface area contributed by atoms with Gasteiger partial charge in [0, 0.05) is 69.4 Å². The fraction of sp³-hybridized carbons (Fsp3) is 0.240. The average molecular weight is 481 g/mol. The first kappa shape index (κ1) is 23.9. The van der Waals surface area contributed by atoms with Gasteiger partial charge in [-0.3, -0.25) is 9.59 Å². The van der Waals surface area contributed by atoms with Crippen LogP contribution in [-0.2, 0) is 11.3 Å². The number of hydrogen-bond acceptors (Lipinski definition) is 6. The maximum atomic E-state index is 13.5. The molecule has 0 radical (unpaired) electrons. The predicted octanol–water partition coefficient (Wildman–Crippen LogP) is 3.48. The van der Waals surface area contributed by atoms with E-state index in [1.54, 1.807) is 13.0 Å². The average Bonchev–Trinajstić information content (AvgIpc) is 2.82. The van der Waals surface area contributed by atoms with E-state index in [1.807, 2.05) is 29.2 Å². The van der Waals surface area contributed by atoms with Crippen LogP contribution in [0.4, 0.5) is 31.7 Å². The largest absolute Gasteiger partial charge is 0.380 e. The second-order valence-electron chi connectivity index (χ2n) is 8.28. The highest BCUT2D eigenvalue weighted by Crippen LogP contribution is 2.26. The number of halogens is 2. The van der Waals surface area contributed by atoms with Crippen molar-refractivity contribution in [3.8, 4) is 0 Å². The highest BCUT2D eigenvalue weighted by molar-refractivity contribution is 5.98. The van der Waals surface area contributed by atoms with Crippen LogP contribution in [0.3, 0.4) is 0 Å². The van der Waals surface area contributed by atoms with Gasteiger partial charge in [-0.25, -0.2) is 13.8 Å². The minimum absolute atomic E-state index is 0.0810. The molecule has 8 nitrogen and oxygen atoms in total. The zero-order valence-corrected chi connectivity index (χ0v) is 19.2. The van der Waals surface area contributed by atoms with Gasteiger partial charge in [0.2, 0.25) is 5.91 Å². The van der Waals surface area contributed by atoms with Gasteiger partial charge in [0.05, 0.1) is 11.3 Å². The number of carbonyl (C=O) groups excluding carboxylic acids is 2. The number of piperazine rings is 1. The summed E-state index contributed by atoms with van der Waals surface area (Å²) in [6.07, 6.45) is 1.35. The SMILES string of the molecule is CC(=O)N1CCN(c2cccc(Nc3cc(NCc4cc(F)cc(F)c4)c(C(N)=O)cn3)c2)CC1. The Morgan fingerprint density at radius 1 is 1.03 bits per heavy atom. The van der Waals surface area contributed by atoms with Crippen LogP contribution in [0, 0.1) is 11.6 Å². The van der Waals surface area contributed by atoms with Crippen molar-refractivity contribution in [2.45, 2.75) is 13.5 Å². The summed E-state index contributed by atoms with van der Waals surface area (Å²) in [5, 5.41) is 6.23. The molecule has 3 aromatic rings. The summed E-state index contributed by atoms with van der Waals surface area (Å²) in [6.45, 7) is 4.49. The Balaban J connectivity index is 1.49. The number of primary amides is 1. The number of nitrogens with zero attached hydrogens (tertiary/aromatic N) is 3. The summed E-state index contributed by atoms with van der Waals surface area (Å²) in [4.78, 5) is 31.8. The minimum Gasteiger partial charge on any atom is -0.380 e. The summed E-state index contributed by atoms with van der Waals surface area (Å²) in [6, 6.07) is 12.6. The Labute approximate surface area is 201 Å². The molecule has 2 aromatic carbocycles. The van der Waals surface area contributed by atoms with Gasteiger partial charge in [-0.1, -0.05) is 6.07 Å². The van der Waals surface area contributed by atoms with Crippen LogP contribution in [-0.4, -0.2) is 47.9 Å². The first-order valence-electron chi connectivity index (χ1n) is 11.1. The first-order chi connectivity index (χ1) is 16.8. The summed E-state index contributed by atoms with van der Waals surface area (Å²) in [5.41, 5.74) is 8.19. The number of nitrogens with two attached hydrogens (primary N) is 1. The van der Waals surface area contributed by atoms with Gasteiger partial charge in [0.15, 0.2) is 0 Å². The van der Waals surface area contributed by atoms with E-state index < -0.39 is 17.5 Å². The van der Waals surface area contributed by atoms with Crippen molar-refractivity contribution < 1.29 is 18.4 Å². The topological polar surface area (TPSA) is 104 Å². The van der Waals surface area contributed by atoms with Gasteiger partial charge in [0.25, 0.3) is 5.91 Å². The van der Waals surface area contributed by atoms with Gasteiger partial charge in [-0.15, -0.1) is 0 Å². The summed E-state index contributed by atoms with van der Waals surface area (Å²) in [5.74, 6) is -1.50. The fourth-order valence-electron chi connectivity index (χ4n) is 3.98. The monoisotopic (exact) mass is 480 g/mol. The van der Waals surface area contributed by atoms with Crippen molar-refractivity contribution in [1.29, 1.82) is 0 Å². The number of pyridine rings is 1. The molecule has 182 valence electrons. The van der Waals surface area contributed by atoms with E-state index in [9.17, 15) is 18.4 Å². The molecular weight excluding hydrogens is 454 g/mol. The number of carbonyl (C=O) groups is 2. The molecule has 1 aliphatic rings. The van der Waals surface area contributed by atoms with E-state index >= 15 is 0 Å². The zero-order chi connectivity index (χ0) is 24.9. The number of anilines is 4. The molecule has 10 heteroatoms. The third kappa shape index (κ3) is 6.03. The molecule has 1 fully saturated rings. The first-order valence-corrected chi connectivity index (χ1v) is 11.1. The molecule has 0 bridgehead atoms. The highest BCUT2D eigenvalue weighted by atomic mass is 19.1. The predicted molar refractivity (Wildman–Crippen MR) is 131 cm³/mol. The van der Waals surface area contributed by atoms with Crippen LogP contribution < -0.4 is 21.3 Å². The third-order valence-corrected chi connectivity index (χ3v) is 5.78. The van der Waals surface area contributed by atoms with Gasteiger partial charge in [-0.2, -0.15) is 0 Å². The van der Waals surface area contributed by atoms with Crippen molar-refractivity contribution in [1.82, 2.24) is 9.88 Å². The highest BCUT2D eigenvalue weighted by Gasteiger charge is 2.19. The zero-order valence-electron chi connectivity index (χ0n) is 19.2. The van der Waals surface area contributed by atoms with Gasteiger partial charge >= 0.3 is 0 Å². The molecule has 0 atom stereocenters. The van der Waals surface area contributed by atoms with Gasteiger partial charge < -0.3 is 26.2 Å². The molecule has 2 heterocycles. The lowest BCUT2D eigenvalue weighted by Gasteiger charge is -2.35. The van der Waals surface area contributed by atoms with E-state index in [1.165, 1.54) is 18.3 Å². The molecule has 1 aliphatic heterocycles. The number of nitrogens with one attached hydrogen (secondary N) is 2. The number of rotatable bonds is 7. The molecule has 2 amide bonds. The third-order valence-electron chi connectivity index (χ3n) is 5.78. The number of hydrogen-bond donors (Lipinski definition) is 3. The van der Waals surface area contributed by atoms with Gasteiger partial charge in [0.1, 0.15) is 17.5 Å². The van der Waals surface area contributed by atoms with Crippen molar-refractivity contribution in [3.63, 3.8) is 0 Å². The Kier molecular flexibility index (Phi) is 7.09. The Morgan fingerprint density at radius 3 is 2.40 bits per heavy atom. The lowest BCUT2D eigenvalue weighted by Crippen LogP contribution is -2.48. The van der Waals surface area contributed by atoms with E-state index in [0.717, 1.165) is 30.5 Å². The van der Waals surface area contributed by atoms with E-state index in [0.29, 0.717) is 30.2 Å². The molecule has 0 spiro atoms. The Morgan fingerprint density at radius 2 is 1.74 bits per heavy atom. The molecule has 0 aliphatic carbocycles. The normalized spacial score (nSPS) is 13.5. The number of benzene rings is 2. The molecule has 4 N–H and O–H groups in total. The lowest BCUT2D eigenvalue weighted by molar-refractivity contribution is -0.129. The fourth-order valence-corrected chi connectivity index (χ4v) is 3.98. The van der Waals surface area contributed by atoms with E-state index in [2.05, 4.69) is 20.5 Å². The summed E-state index contributed by atoms with van der Waals surface area (Å²) in [7, 11) is 0. The molecule has 4 rings (SSSR count). The quantitative estimate of drug-likeness (QED) is 0.478. The maximum absolute atomic E-state index is 13.5. The Hall–Kier alpha value is -4.21. The minimum atomic E-state index is -0.684. The molecule has 1 aromatic heterocycles. The summed E-state index contributed by atoms with van der Waals surface area (Å²) >= 11 is 0. The van der Waals surface area contributed by atoms with Crippen LogP contribution >= 0.6 is 0 Å². The molecule has 1 saturated heterocycles. The van der Waals surface area contributed by atoms with Crippen LogP contribution in [0.1, 0.15) is 22.8 Å². The lowest BCUT2D eigenvalue weighted by atomic mass is 10.1. The molecule has 35 heavy (non-hydrogen) atoms. The molecule has 0 unspecified atom stereocenters. The summed E-state index contributed by atoms with van der Waals surface area (Å²) < 4.78 is 27.0. The van der Waals surface area contributed by atoms with Crippen molar-refractivity contribution in [2.75, 3.05) is 41.7 Å². The second kappa shape index (κ2) is 10.4. The maximum Gasteiger partial charge on any atom is 0.252 e. The molecular formula is C25H26F2N6O2. The number of amides is 2. The second-order valence-corrected chi connectivity index (χ2v) is 8.28. The van der Waals surface area contributed by atoms with Crippen molar-refractivity contribution in [3.05, 3.63) is 77.5 Å². The molecule has 0 saturated carbocycles.